The zero-order chi connectivity index (χ0) is 46.8. The molecule has 0 spiro atoms. The van der Waals surface area contributed by atoms with Gasteiger partial charge in [-0.25, -0.2) is 0 Å². The van der Waals surface area contributed by atoms with E-state index in [9.17, 15) is 0 Å². The van der Waals surface area contributed by atoms with Gasteiger partial charge < -0.3 is 4.90 Å². The van der Waals surface area contributed by atoms with Crippen molar-refractivity contribution in [2.24, 2.45) is 0 Å². The van der Waals surface area contributed by atoms with Crippen LogP contribution >= 0.6 is 0 Å². The first kappa shape index (κ1) is 43.4. The van der Waals surface area contributed by atoms with Crippen LogP contribution in [0.4, 0.5) is 17.1 Å². The molecule has 9 aromatic carbocycles. The molecule has 334 valence electrons. The van der Waals surface area contributed by atoms with E-state index in [1.807, 2.05) is 0 Å². The van der Waals surface area contributed by atoms with E-state index in [0.29, 0.717) is 0 Å². The Balaban J connectivity index is 1.18. The summed E-state index contributed by atoms with van der Waals surface area (Å²) in [5, 5.41) is 0. The number of hydrogen-bond acceptors (Lipinski definition) is 1. The summed E-state index contributed by atoms with van der Waals surface area (Å²) >= 11 is 0. The monoisotopic (exact) mass is 879 g/mol. The quantitative estimate of drug-likeness (QED) is 0.140. The number of benzene rings is 9. The second-order valence-electron chi connectivity index (χ2n) is 21.2. The van der Waals surface area contributed by atoms with Gasteiger partial charge in [0.1, 0.15) is 0 Å². The minimum Gasteiger partial charge on any atom is -0.310 e. The maximum absolute atomic E-state index is 2.51. The number of hydrogen-bond donors (Lipinski definition) is 0. The molecule has 68 heavy (non-hydrogen) atoms. The van der Waals surface area contributed by atoms with E-state index in [-0.39, 0.29) is 10.8 Å². The van der Waals surface area contributed by atoms with Crippen LogP contribution in [0.1, 0.15) is 116 Å². The van der Waals surface area contributed by atoms with Crippen molar-refractivity contribution in [3.63, 3.8) is 0 Å². The Kier molecular flexibility index (Phi) is 10.5. The second-order valence-corrected chi connectivity index (χ2v) is 21.2. The van der Waals surface area contributed by atoms with Gasteiger partial charge in [-0.05, 0) is 137 Å². The van der Waals surface area contributed by atoms with Gasteiger partial charge in [-0.1, -0.05) is 237 Å². The van der Waals surface area contributed by atoms with Crippen LogP contribution in [0.2, 0.25) is 0 Å². The molecule has 11 rings (SSSR count). The Morgan fingerprint density at radius 1 is 0.338 bits per heavy atom. The smallest absolute Gasteiger partial charge is 0.0714 e. The fraction of sp³-hybridized carbons (Fsp3) is 0.194. The average molecular weight is 880 g/mol. The number of rotatable bonds is 9. The highest BCUT2D eigenvalue weighted by Crippen LogP contribution is 2.60. The van der Waals surface area contributed by atoms with Gasteiger partial charge in [0, 0.05) is 17.1 Å². The van der Waals surface area contributed by atoms with Gasteiger partial charge in [0.25, 0.3) is 0 Å². The van der Waals surface area contributed by atoms with Crippen molar-refractivity contribution in [3.05, 3.63) is 280 Å². The largest absolute Gasteiger partial charge is 0.310 e. The molecule has 2 aliphatic carbocycles. The normalized spacial score (nSPS) is 17.0. The van der Waals surface area contributed by atoms with Crippen LogP contribution in [0.5, 0.6) is 0 Å². The van der Waals surface area contributed by atoms with Crippen LogP contribution in [0.3, 0.4) is 0 Å². The summed E-state index contributed by atoms with van der Waals surface area (Å²) in [6.07, 6.45) is 2.16. The Bertz CT molecular complexity index is 3070. The van der Waals surface area contributed by atoms with Gasteiger partial charge in [-0.15, -0.1) is 0 Å². The fourth-order valence-corrected chi connectivity index (χ4v) is 11.8. The molecule has 0 bridgehead atoms. The van der Waals surface area contributed by atoms with Crippen molar-refractivity contribution in [2.45, 2.75) is 83.0 Å². The maximum atomic E-state index is 2.51. The molecule has 0 heterocycles. The number of aryl methyl sites for hydroxylation is 1. The maximum Gasteiger partial charge on any atom is 0.0714 e. The van der Waals surface area contributed by atoms with E-state index in [4.69, 9.17) is 0 Å². The number of nitrogens with zero attached hydrogens (tertiary/aromatic N) is 1. The van der Waals surface area contributed by atoms with Gasteiger partial charge >= 0.3 is 0 Å². The van der Waals surface area contributed by atoms with Crippen LogP contribution < -0.4 is 4.90 Å². The van der Waals surface area contributed by atoms with Crippen molar-refractivity contribution in [1.29, 1.82) is 0 Å². The topological polar surface area (TPSA) is 3.24 Å². The van der Waals surface area contributed by atoms with Crippen LogP contribution in [-0.4, -0.2) is 0 Å². The third-order valence-corrected chi connectivity index (χ3v) is 15.1. The molecule has 2 aliphatic rings. The molecule has 1 nitrogen and oxygen atoms in total. The second kappa shape index (κ2) is 16.5. The zero-order valence-electron chi connectivity index (χ0n) is 40.6. The molecule has 0 N–H and O–H groups in total. The summed E-state index contributed by atoms with van der Waals surface area (Å²) in [4.78, 5) is 2.51. The molecule has 2 atom stereocenters. The van der Waals surface area contributed by atoms with Gasteiger partial charge in [0.15, 0.2) is 0 Å². The lowest BCUT2D eigenvalue weighted by Crippen LogP contribution is -2.29. The van der Waals surface area contributed by atoms with Crippen molar-refractivity contribution in [1.82, 2.24) is 0 Å². The van der Waals surface area contributed by atoms with E-state index in [1.54, 1.807) is 0 Å². The predicted molar refractivity (Wildman–Crippen MR) is 287 cm³/mol. The first-order chi connectivity index (χ1) is 32.9. The highest BCUT2D eigenvalue weighted by molar-refractivity contribution is 5.92. The van der Waals surface area contributed by atoms with Crippen LogP contribution in [0.25, 0.3) is 22.3 Å². The van der Waals surface area contributed by atoms with Gasteiger partial charge in [0.2, 0.25) is 0 Å². The molecule has 0 amide bonds. The summed E-state index contributed by atoms with van der Waals surface area (Å²) in [5.74, 6) is 0. The average Bonchev–Trinajstić information content (AvgIpc) is 3.83. The van der Waals surface area contributed by atoms with E-state index < -0.39 is 10.8 Å². The SMILES string of the molecule is CCCc1ccc(N(c2ccc3c(c2)C(c2ccccc2)(c2ccc(C(C)(C)C)cc2)c2ccccc2-3)c2ccc3c(c2)C(c2ccccc2)(c2ccc(C(C)(C)C)cc2)c2ccccc2-3)cc1. The molecular formula is C67H61N. The Morgan fingerprint density at radius 2 is 0.691 bits per heavy atom. The predicted octanol–water partition coefficient (Wildman–Crippen LogP) is 17.4. The minimum absolute atomic E-state index is 0.0372. The molecule has 0 aromatic heterocycles. The summed E-state index contributed by atoms with van der Waals surface area (Å²) in [6.45, 7) is 16.1. The molecule has 1 heteroatoms. The molecule has 0 fully saturated rings. The highest BCUT2D eigenvalue weighted by atomic mass is 15.1. The molecule has 0 saturated carbocycles. The summed E-state index contributed by atoms with van der Waals surface area (Å²) < 4.78 is 0. The highest BCUT2D eigenvalue weighted by Gasteiger charge is 2.48. The van der Waals surface area contributed by atoms with E-state index >= 15 is 0 Å². The molecule has 9 aromatic rings. The third kappa shape index (κ3) is 6.81. The number of anilines is 3. The molecular weight excluding hydrogens is 819 g/mol. The van der Waals surface area contributed by atoms with Crippen LogP contribution in [0.15, 0.2) is 218 Å². The van der Waals surface area contributed by atoms with Crippen molar-refractivity contribution in [2.75, 3.05) is 4.90 Å². The summed E-state index contributed by atoms with van der Waals surface area (Å²) in [6, 6.07) is 83.4. The van der Waals surface area contributed by atoms with Gasteiger partial charge in [0.05, 0.1) is 10.8 Å². The molecule has 0 aliphatic heterocycles. The lowest BCUT2D eigenvalue weighted by molar-refractivity contribution is 0.589. The first-order valence-corrected chi connectivity index (χ1v) is 24.6. The van der Waals surface area contributed by atoms with E-state index in [2.05, 4.69) is 272 Å². The third-order valence-electron chi connectivity index (χ3n) is 15.1. The standard InChI is InChI=1S/C67H61N/c1-8-19-46-28-38-53(39-29-46)68(54-40-42-58-56-24-15-17-26-60(56)66(62(58)44-54,49-20-11-9-12-21-49)51-34-30-47(31-35-51)64(2,3)4)55-41-43-59-57-25-16-18-27-61(57)67(63(59)45-55,50-22-13-10-14-23-50)52-36-32-48(33-37-52)65(5,6)7/h9-18,20-45H,8,19H2,1-7H3. The number of fused-ring (bicyclic) bond motifs is 6. The Hall–Kier alpha value is -7.22. The zero-order valence-corrected chi connectivity index (χ0v) is 40.6. The van der Waals surface area contributed by atoms with E-state index in [1.165, 1.54) is 83.5 Å². The summed E-state index contributed by atoms with van der Waals surface area (Å²) in [5.41, 5.74) is 21.8. The van der Waals surface area contributed by atoms with Crippen molar-refractivity contribution in [3.8, 4) is 22.3 Å². The van der Waals surface area contributed by atoms with Gasteiger partial charge in [-0.2, -0.15) is 0 Å². The van der Waals surface area contributed by atoms with Crippen LogP contribution in [0, 0.1) is 0 Å². The summed E-state index contributed by atoms with van der Waals surface area (Å²) in [7, 11) is 0. The molecule has 0 radical (unpaired) electrons. The van der Waals surface area contributed by atoms with Gasteiger partial charge in [-0.3, -0.25) is 0 Å². The minimum atomic E-state index is -0.544. The fourth-order valence-electron chi connectivity index (χ4n) is 11.8. The van der Waals surface area contributed by atoms with Crippen LogP contribution in [-0.2, 0) is 28.1 Å². The van der Waals surface area contributed by atoms with Crippen molar-refractivity contribution >= 4 is 17.1 Å². The lowest BCUT2D eigenvalue weighted by Gasteiger charge is -2.36. The first-order valence-electron chi connectivity index (χ1n) is 24.6. The van der Waals surface area contributed by atoms with Crippen molar-refractivity contribution < 1.29 is 0 Å². The Morgan fingerprint density at radius 3 is 1.09 bits per heavy atom. The van der Waals surface area contributed by atoms with E-state index in [0.717, 1.165) is 29.9 Å². The Labute approximate surface area is 404 Å². The molecule has 2 unspecified atom stereocenters. The lowest BCUT2D eigenvalue weighted by atomic mass is 9.67. The molecule has 0 saturated heterocycles.